The molecule has 2 aliphatic heterocycles. The van der Waals surface area contributed by atoms with Crippen LogP contribution in [0.4, 0.5) is 0 Å². The predicted octanol–water partition coefficient (Wildman–Crippen LogP) is 0.891. The molecule has 0 radical (unpaired) electrons. The van der Waals surface area contributed by atoms with Crippen molar-refractivity contribution in [2.75, 3.05) is 13.2 Å². The third-order valence-electron chi connectivity index (χ3n) is 6.58. The van der Waals surface area contributed by atoms with E-state index in [0.29, 0.717) is 29.0 Å². The zero-order valence-electron chi connectivity index (χ0n) is 18.3. The van der Waals surface area contributed by atoms with Gasteiger partial charge in [-0.15, -0.1) is 0 Å². The summed E-state index contributed by atoms with van der Waals surface area (Å²) < 4.78 is 17.3. The first-order chi connectivity index (χ1) is 15.2. The lowest BCUT2D eigenvalue weighted by Crippen LogP contribution is -2.67. The zero-order chi connectivity index (χ0) is 23.3. The molecular formula is C24H30O8. The molecule has 5 N–H and O–H groups in total. The fourth-order valence-electron chi connectivity index (χ4n) is 4.55. The lowest BCUT2D eigenvalue weighted by molar-refractivity contribution is -0.337. The van der Waals surface area contributed by atoms with Crippen LogP contribution >= 0.6 is 0 Å². The molecule has 2 heterocycles. The molecule has 2 bridgehead atoms. The fraction of sp³-hybridized carbons (Fsp3) is 0.500. The minimum Gasteiger partial charge on any atom is -0.494 e. The van der Waals surface area contributed by atoms with Gasteiger partial charge in [0.05, 0.1) is 19.3 Å². The molecule has 7 atom stereocenters. The highest BCUT2D eigenvalue weighted by atomic mass is 16.8. The van der Waals surface area contributed by atoms with E-state index in [1.54, 1.807) is 42.5 Å². The molecule has 0 spiro atoms. The van der Waals surface area contributed by atoms with Gasteiger partial charge >= 0.3 is 0 Å². The fourth-order valence-corrected chi connectivity index (χ4v) is 4.55. The van der Waals surface area contributed by atoms with Crippen LogP contribution in [-0.2, 0) is 15.3 Å². The molecule has 8 nitrogen and oxygen atoms in total. The van der Waals surface area contributed by atoms with Crippen LogP contribution < -0.4 is 4.74 Å². The number of aliphatic hydroxyl groups is 5. The Hall–Kier alpha value is -2.04. The maximum Gasteiger partial charge on any atom is 0.225 e. The standard InChI is InChI=1S/C24H30O8/c1-4-30-17-9-6-15(7-10-17)19(26)18-11-16(8-5-13(18)2)24-22(29)20(27)21(28)23(32-24,12-31-24)14(3)25/h5-11,14,19-22,25-29H,4,12H2,1-3H3/t14?,19?,20-,21-,22+,23+,24-/m0/s1. The van der Waals surface area contributed by atoms with Crippen LogP contribution in [0.15, 0.2) is 42.5 Å². The van der Waals surface area contributed by atoms with Gasteiger partial charge in [0.15, 0.2) is 0 Å². The zero-order valence-corrected chi connectivity index (χ0v) is 18.3. The van der Waals surface area contributed by atoms with Crippen LogP contribution in [-0.4, -0.2) is 68.8 Å². The molecule has 2 aromatic rings. The van der Waals surface area contributed by atoms with E-state index in [0.717, 1.165) is 5.56 Å². The van der Waals surface area contributed by atoms with E-state index in [-0.39, 0.29) is 6.61 Å². The second-order valence-corrected chi connectivity index (χ2v) is 8.55. The van der Waals surface area contributed by atoms with Crippen molar-refractivity contribution in [2.45, 2.75) is 62.7 Å². The molecule has 2 aromatic carbocycles. The van der Waals surface area contributed by atoms with Crippen molar-refractivity contribution in [1.82, 2.24) is 0 Å². The number of hydrogen-bond donors (Lipinski definition) is 5. The first kappa shape index (κ1) is 23.1. The maximum absolute atomic E-state index is 11.1. The van der Waals surface area contributed by atoms with Crippen molar-refractivity contribution in [1.29, 1.82) is 0 Å². The molecule has 8 heteroatoms. The molecule has 2 unspecified atom stereocenters. The first-order valence-corrected chi connectivity index (χ1v) is 10.7. The van der Waals surface area contributed by atoms with Crippen LogP contribution in [0.2, 0.25) is 0 Å². The van der Waals surface area contributed by atoms with Crippen molar-refractivity contribution in [3.63, 3.8) is 0 Å². The first-order valence-electron chi connectivity index (χ1n) is 10.7. The Balaban J connectivity index is 1.72. The monoisotopic (exact) mass is 446 g/mol. The SMILES string of the molecule is CCOc1ccc(C(O)c2cc([C@]34OC[C@](C(C)O)(O3)[C@@H](O)[C@H](O)[C@H]4O)ccc2C)cc1. The van der Waals surface area contributed by atoms with E-state index >= 15 is 0 Å². The van der Waals surface area contributed by atoms with Gasteiger partial charge in [0.1, 0.15) is 35.8 Å². The highest BCUT2D eigenvalue weighted by molar-refractivity contribution is 5.42. The largest absolute Gasteiger partial charge is 0.494 e. The van der Waals surface area contributed by atoms with Crippen LogP contribution in [0.5, 0.6) is 5.75 Å². The van der Waals surface area contributed by atoms with Gasteiger partial charge in [0, 0.05) is 5.56 Å². The Morgan fingerprint density at radius 1 is 1.06 bits per heavy atom. The van der Waals surface area contributed by atoms with Gasteiger partial charge in [-0.25, -0.2) is 0 Å². The van der Waals surface area contributed by atoms with Gasteiger partial charge in [0.25, 0.3) is 0 Å². The summed E-state index contributed by atoms with van der Waals surface area (Å²) in [5.41, 5.74) is 0.798. The lowest BCUT2D eigenvalue weighted by atomic mass is 9.80. The van der Waals surface area contributed by atoms with E-state index in [1.165, 1.54) is 6.92 Å². The molecule has 32 heavy (non-hydrogen) atoms. The Kier molecular flexibility index (Phi) is 6.06. The molecule has 0 saturated carbocycles. The van der Waals surface area contributed by atoms with E-state index in [2.05, 4.69) is 0 Å². The quantitative estimate of drug-likeness (QED) is 0.443. The second kappa shape index (κ2) is 8.39. The third-order valence-corrected chi connectivity index (χ3v) is 6.58. The van der Waals surface area contributed by atoms with Crippen molar-refractivity contribution in [3.05, 3.63) is 64.7 Å². The van der Waals surface area contributed by atoms with Gasteiger partial charge in [-0.2, -0.15) is 0 Å². The summed E-state index contributed by atoms with van der Waals surface area (Å²) in [6, 6.07) is 12.2. The lowest BCUT2D eigenvalue weighted by Gasteiger charge is -2.47. The number of benzene rings is 2. The smallest absolute Gasteiger partial charge is 0.225 e. The summed E-state index contributed by atoms with van der Waals surface area (Å²) in [7, 11) is 0. The summed E-state index contributed by atoms with van der Waals surface area (Å²) in [6.07, 6.45) is -6.87. The average Bonchev–Trinajstić information content (AvgIpc) is 3.18. The minimum atomic E-state index is -1.80. The van der Waals surface area contributed by atoms with E-state index in [1.807, 2.05) is 13.8 Å². The summed E-state index contributed by atoms with van der Waals surface area (Å²) in [4.78, 5) is 0. The summed E-state index contributed by atoms with van der Waals surface area (Å²) in [5, 5.41) is 53.2. The molecule has 0 amide bonds. The summed E-state index contributed by atoms with van der Waals surface area (Å²) in [6.45, 7) is 5.50. The molecule has 174 valence electrons. The Bertz CT molecular complexity index is 961. The van der Waals surface area contributed by atoms with Crippen LogP contribution in [0.25, 0.3) is 0 Å². The van der Waals surface area contributed by atoms with Gasteiger partial charge in [-0.3, -0.25) is 0 Å². The van der Waals surface area contributed by atoms with Crippen LogP contribution in [0, 0.1) is 6.92 Å². The van der Waals surface area contributed by atoms with Crippen LogP contribution in [0.3, 0.4) is 0 Å². The summed E-state index contributed by atoms with van der Waals surface area (Å²) in [5.74, 6) is -1.09. The highest BCUT2D eigenvalue weighted by Crippen LogP contribution is 2.51. The van der Waals surface area contributed by atoms with Crippen molar-refractivity contribution in [3.8, 4) is 5.75 Å². The Morgan fingerprint density at radius 3 is 2.38 bits per heavy atom. The molecule has 2 aliphatic rings. The van der Waals surface area contributed by atoms with Crippen molar-refractivity contribution in [2.24, 2.45) is 0 Å². The molecular weight excluding hydrogens is 416 g/mol. The van der Waals surface area contributed by atoms with Crippen LogP contribution in [0.1, 0.15) is 42.2 Å². The van der Waals surface area contributed by atoms with Crippen molar-refractivity contribution < 1.29 is 39.7 Å². The van der Waals surface area contributed by atoms with Gasteiger partial charge in [-0.1, -0.05) is 24.3 Å². The molecule has 2 fully saturated rings. The van der Waals surface area contributed by atoms with Crippen molar-refractivity contribution >= 4 is 0 Å². The van der Waals surface area contributed by atoms with Gasteiger partial charge in [-0.05, 0) is 55.7 Å². The molecule has 0 aromatic heterocycles. The number of rotatable bonds is 6. The topological polar surface area (TPSA) is 129 Å². The molecule has 4 rings (SSSR count). The number of fused-ring (bicyclic) bond motifs is 2. The normalized spacial score (nSPS) is 33.7. The molecule has 2 saturated heterocycles. The maximum atomic E-state index is 11.1. The third kappa shape index (κ3) is 3.43. The number of aliphatic hydroxyl groups excluding tert-OH is 5. The van der Waals surface area contributed by atoms with E-state index < -0.39 is 41.9 Å². The van der Waals surface area contributed by atoms with Gasteiger partial charge in [0.2, 0.25) is 5.79 Å². The Labute approximate surface area is 186 Å². The van der Waals surface area contributed by atoms with Gasteiger partial charge < -0.3 is 39.7 Å². The average molecular weight is 446 g/mol. The number of aryl methyl sites for hydroxylation is 1. The number of hydrogen-bond acceptors (Lipinski definition) is 8. The van der Waals surface area contributed by atoms with E-state index in [4.69, 9.17) is 14.2 Å². The molecule has 0 aliphatic carbocycles. The summed E-state index contributed by atoms with van der Waals surface area (Å²) >= 11 is 0. The minimum absolute atomic E-state index is 0.218. The predicted molar refractivity (Wildman–Crippen MR) is 114 cm³/mol. The highest BCUT2D eigenvalue weighted by Gasteiger charge is 2.68. The second-order valence-electron chi connectivity index (χ2n) is 8.55. The Morgan fingerprint density at radius 2 is 1.75 bits per heavy atom. The number of ether oxygens (including phenoxy) is 3. The van der Waals surface area contributed by atoms with E-state index in [9.17, 15) is 25.5 Å².